The number of halogens is 2. The van der Waals surface area contributed by atoms with Gasteiger partial charge in [0.05, 0.1) is 5.57 Å². The largest absolute Gasteiger partial charge is 0.340 e. The zero-order valence-electron chi connectivity index (χ0n) is 21.2. The maximum atomic E-state index is 14.9. The number of nitrogens with one attached hydrogen (secondary N) is 3. The monoisotopic (exact) mass is 487 g/mol. The predicted molar refractivity (Wildman–Crippen MR) is 136 cm³/mol. The van der Waals surface area contributed by atoms with E-state index in [0.29, 0.717) is 12.3 Å². The predicted octanol–water partition coefficient (Wildman–Crippen LogP) is 6.64. The van der Waals surface area contributed by atoms with E-state index in [1.54, 1.807) is 19.9 Å². The van der Waals surface area contributed by atoms with Crippen molar-refractivity contribution < 1.29 is 18.4 Å². The van der Waals surface area contributed by atoms with E-state index >= 15 is 0 Å². The van der Waals surface area contributed by atoms with Gasteiger partial charge in [0, 0.05) is 17.0 Å². The van der Waals surface area contributed by atoms with Gasteiger partial charge in [-0.1, -0.05) is 52.0 Å². The number of amides is 2. The molecule has 1 aromatic carbocycles. The first-order valence-electron chi connectivity index (χ1n) is 13.1. The van der Waals surface area contributed by atoms with Crippen molar-refractivity contribution in [3.8, 4) is 0 Å². The zero-order valence-corrected chi connectivity index (χ0v) is 21.2. The number of carbonyl (C=O) groups is 2. The molecule has 0 aromatic heterocycles. The first-order valence-corrected chi connectivity index (χ1v) is 13.1. The van der Waals surface area contributed by atoms with Crippen LogP contribution in [0.4, 0.5) is 14.5 Å². The van der Waals surface area contributed by atoms with Crippen molar-refractivity contribution in [2.75, 3.05) is 5.32 Å². The van der Waals surface area contributed by atoms with Gasteiger partial charge in [0.25, 0.3) is 5.91 Å². The molecule has 2 saturated carbocycles. The summed E-state index contributed by atoms with van der Waals surface area (Å²) in [6.07, 6.45) is 9.99. The van der Waals surface area contributed by atoms with Crippen LogP contribution in [-0.2, 0) is 9.59 Å². The van der Waals surface area contributed by atoms with Crippen LogP contribution in [0.5, 0.6) is 0 Å². The van der Waals surface area contributed by atoms with Gasteiger partial charge in [-0.3, -0.25) is 9.59 Å². The summed E-state index contributed by atoms with van der Waals surface area (Å²) in [5.74, 6) is -1.87. The lowest BCUT2D eigenvalue weighted by Crippen LogP contribution is -2.50. The Kier molecular flexibility index (Phi) is 9.58. The molecule has 2 fully saturated rings. The minimum absolute atomic E-state index is 0.0561. The van der Waals surface area contributed by atoms with Crippen LogP contribution in [0.3, 0.4) is 0 Å². The summed E-state index contributed by atoms with van der Waals surface area (Å²) in [7, 11) is 0. The van der Waals surface area contributed by atoms with Crippen LogP contribution in [0.2, 0.25) is 0 Å². The van der Waals surface area contributed by atoms with Gasteiger partial charge in [0.1, 0.15) is 17.7 Å². The van der Waals surface area contributed by atoms with Gasteiger partial charge in [-0.05, 0) is 68.9 Å². The second kappa shape index (κ2) is 12.4. The molecule has 35 heavy (non-hydrogen) atoms. The molecule has 0 spiro atoms. The molecule has 192 valence electrons. The minimum atomic E-state index is -0.848. The maximum Gasteiger partial charge on any atom is 0.253 e. The number of hydrogen-bond acceptors (Lipinski definition) is 3. The van der Waals surface area contributed by atoms with Gasteiger partial charge in [0.15, 0.2) is 0 Å². The Morgan fingerprint density at radius 2 is 1.66 bits per heavy atom. The number of allylic oxidation sites excluding steroid dienone is 1. The summed E-state index contributed by atoms with van der Waals surface area (Å²) in [5.41, 5.74) is 0.609. The molecule has 2 amide bonds. The van der Waals surface area contributed by atoms with Crippen LogP contribution >= 0.6 is 0 Å². The van der Waals surface area contributed by atoms with Crippen LogP contribution in [0.1, 0.15) is 96.5 Å². The number of rotatable bonds is 8. The first-order chi connectivity index (χ1) is 16.7. The highest BCUT2D eigenvalue weighted by atomic mass is 19.1. The Morgan fingerprint density at radius 1 is 1.06 bits per heavy atom. The van der Waals surface area contributed by atoms with Crippen molar-refractivity contribution >= 4 is 23.2 Å². The third-order valence-electron chi connectivity index (χ3n) is 7.67. The molecule has 0 saturated heterocycles. The van der Waals surface area contributed by atoms with E-state index in [-0.39, 0.29) is 34.4 Å². The Balaban J connectivity index is 1.80. The van der Waals surface area contributed by atoms with Crippen LogP contribution in [0, 0.1) is 28.9 Å². The zero-order chi connectivity index (χ0) is 25.5. The number of benzene rings is 1. The third-order valence-corrected chi connectivity index (χ3v) is 7.67. The summed E-state index contributed by atoms with van der Waals surface area (Å²) in [6, 6.07) is 1.53. The van der Waals surface area contributed by atoms with Crippen molar-refractivity contribution in [1.29, 1.82) is 5.41 Å². The van der Waals surface area contributed by atoms with Crippen LogP contribution in [0.15, 0.2) is 23.8 Å². The molecule has 0 radical (unpaired) electrons. The summed E-state index contributed by atoms with van der Waals surface area (Å²) < 4.78 is 29.9. The summed E-state index contributed by atoms with van der Waals surface area (Å²) in [6.45, 7) is 5.66. The molecular weight excluding hydrogens is 448 g/mol. The van der Waals surface area contributed by atoms with Gasteiger partial charge < -0.3 is 16.0 Å². The van der Waals surface area contributed by atoms with E-state index in [9.17, 15) is 18.4 Å². The van der Waals surface area contributed by atoms with Crippen molar-refractivity contribution in [2.45, 2.75) is 96.9 Å². The molecule has 0 aliphatic heterocycles. The first kappa shape index (κ1) is 27.0. The van der Waals surface area contributed by atoms with Crippen LogP contribution in [0.25, 0.3) is 0 Å². The molecular formula is C28H39F2N3O2. The fraction of sp³-hybridized carbons (Fsp3) is 0.607. The van der Waals surface area contributed by atoms with Crippen molar-refractivity contribution in [3.05, 3.63) is 41.0 Å². The molecule has 3 N–H and O–H groups in total. The van der Waals surface area contributed by atoms with Gasteiger partial charge in [-0.15, -0.1) is 0 Å². The van der Waals surface area contributed by atoms with E-state index in [0.717, 1.165) is 57.8 Å². The molecule has 5 nitrogen and oxygen atoms in total. The molecule has 1 unspecified atom stereocenters. The third kappa shape index (κ3) is 6.77. The fourth-order valence-corrected chi connectivity index (χ4v) is 5.53. The molecule has 1 aromatic rings. The highest BCUT2D eigenvalue weighted by molar-refractivity contribution is 6.21. The van der Waals surface area contributed by atoms with E-state index in [2.05, 4.69) is 17.6 Å². The highest BCUT2D eigenvalue weighted by Gasteiger charge is 2.34. The molecule has 3 rings (SSSR count). The Hall–Kier alpha value is -2.57. The lowest BCUT2D eigenvalue weighted by atomic mass is 9.78. The Morgan fingerprint density at radius 3 is 2.20 bits per heavy atom. The Bertz CT molecular complexity index is 938. The fourth-order valence-electron chi connectivity index (χ4n) is 5.53. The normalized spacial score (nSPS) is 22.4. The lowest BCUT2D eigenvalue weighted by Gasteiger charge is -2.32. The van der Waals surface area contributed by atoms with E-state index in [4.69, 9.17) is 5.41 Å². The molecule has 0 bridgehead atoms. The van der Waals surface area contributed by atoms with Gasteiger partial charge in [-0.2, -0.15) is 0 Å². The summed E-state index contributed by atoms with van der Waals surface area (Å²) in [5, 5.41) is 13.6. The van der Waals surface area contributed by atoms with Crippen molar-refractivity contribution in [3.63, 3.8) is 0 Å². The second-order valence-corrected chi connectivity index (χ2v) is 10.2. The number of hydrogen-bond donors (Lipinski definition) is 3. The molecule has 1 atom stereocenters. The SMILES string of the molecule is C/C=C(\C(=N)CC)C(=O)NC(C(=O)Nc1cc(F)c(C2CCCCC2)c(F)c1)C1CCC(C)CC1. The van der Waals surface area contributed by atoms with E-state index < -0.39 is 29.5 Å². The minimum Gasteiger partial charge on any atom is -0.340 e. The molecule has 2 aliphatic rings. The Labute approximate surface area is 207 Å². The average Bonchev–Trinajstić information content (AvgIpc) is 2.83. The van der Waals surface area contributed by atoms with Gasteiger partial charge in [-0.25, -0.2) is 8.78 Å². The van der Waals surface area contributed by atoms with Crippen molar-refractivity contribution in [2.24, 2.45) is 11.8 Å². The van der Waals surface area contributed by atoms with Crippen molar-refractivity contribution in [1.82, 2.24) is 5.32 Å². The van der Waals surface area contributed by atoms with Gasteiger partial charge in [0.2, 0.25) is 5.91 Å². The molecule has 0 heterocycles. The smallest absolute Gasteiger partial charge is 0.253 e. The average molecular weight is 488 g/mol. The molecule has 7 heteroatoms. The van der Waals surface area contributed by atoms with Gasteiger partial charge >= 0.3 is 0 Å². The maximum absolute atomic E-state index is 14.9. The topological polar surface area (TPSA) is 82.1 Å². The van der Waals surface area contributed by atoms with Crippen LogP contribution in [-0.4, -0.2) is 23.6 Å². The highest BCUT2D eigenvalue weighted by Crippen LogP contribution is 2.37. The van der Waals surface area contributed by atoms with E-state index in [1.165, 1.54) is 12.1 Å². The standard InChI is InChI=1S/C28H39F2N3O2/c1-4-21(24(31)5-2)27(34)33-26(19-13-11-17(3)12-14-19)28(35)32-20-15-22(29)25(23(30)16-20)18-9-7-6-8-10-18/h4,15-19,26,31H,5-14H2,1-3H3,(H,32,35)(H,33,34)/b21-4+,31-24?. The number of anilines is 1. The van der Waals surface area contributed by atoms with E-state index in [1.807, 2.05) is 0 Å². The molecule has 2 aliphatic carbocycles. The quantitative estimate of drug-likeness (QED) is 0.284. The summed E-state index contributed by atoms with van der Waals surface area (Å²) in [4.78, 5) is 26.3. The lowest BCUT2D eigenvalue weighted by molar-refractivity contribution is -0.125. The van der Waals surface area contributed by atoms with Crippen LogP contribution < -0.4 is 10.6 Å². The number of carbonyl (C=O) groups excluding carboxylic acids is 2. The summed E-state index contributed by atoms with van der Waals surface area (Å²) >= 11 is 0. The second-order valence-electron chi connectivity index (χ2n) is 10.2.